The molecule has 0 aliphatic carbocycles. The van der Waals surface area contributed by atoms with E-state index in [4.69, 9.17) is 9.47 Å². The minimum Gasteiger partial charge on any atom is -0.369 e. The normalized spacial score (nSPS) is 23.8. The number of hydrogen-bond acceptors (Lipinski definition) is 5. The molecule has 0 bridgehead atoms. The van der Waals surface area contributed by atoms with Crippen LogP contribution >= 0.6 is 0 Å². The van der Waals surface area contributed by atoms with Gasteiger partial charge in [-0.25, -0.2) is 9.07 Å². The number of ether oxygens (including phenoxy) is 2. The Labute approximate surface area is 155 Å². The molecule has 2 saturated heterocycles. The zero-order valence-corrected chi connectivity index (χ0v) is 14.6. The molecule has 6 nitrogen and oxygen atoms in total. The van der Waals surface area contributed by atoms with Crippen LogP contribution in [0.3, 0.4) is 0 Å². The van der Waals surface area contributed by atoms with E-state index in [9.17, 15) is 4.39 Å². The maximum absolute atomic E-state index is 13.1. The summed E-state index contributed by atoms with van der Waals surface area (Å²) < 4.78 is 26.3. The molecule has 5 rings (SSSR count). The van der Waals surface area contributed by atoms with Crippen LogP contribution in [0.15, 0.2) is 54.7 Å². The van der Waals surface area contributed by atoms with Crippen LogP contribution in [0.1, 0.15) is 5.56 Å². The van der Waals surface area contributed by atoms with Crippen LogP contribution in [0, 0.1) is 5.82 Å². The number of halogens is 1. The number of benzene rings is 2. The van der Waals surface area contributed by atoms with Crippen LogP contribution in [0.5, 0.6) is 0 Å². The average molecular weight is 366 g/mol. The molecule has 0 unspecified atom stereocenters. The van der Waals surface area contributed by atoms with Crippen LogP contribution < -0.4 is 5.32 Å². The third-order valence-electron chi connectivity index (χ3n) is 4.98. The van der Waals surface area contributed by atoms with Gasteiger partial charge < -0.3 is 14.8 Å². The molecule has 0 saturated carbocycles. The van der Waals surface area contributed by atoms with E-state index in [1.54, 1.807) is 16.8 Å². The van der Waals surface area contributed by atoms with Crippen LogP contribution in [-0.2, 0) is 16.1 Å². The quantitative estimate of drug-likeness (QED) is 0.702. The monoisotopic (exact) mass is 366 g/mol. The Hall–Kier alpha value is -2.61. The first kappa shape index (κ1) is 16.6. The summed E-state index contributed by atoms with van der Waals surface area (Å²) in [6, 6.07) is 14.2. The van der Waals surface area contributed by atoms with Crippen LogP contribution in [0.4, 0.5) is 4.39 Å². The number of fused-ring (bicyclic) bond motifs is 1. The molecular formula is C20H19FN4O2. The molecule has 138 valence electrons. The molecule has 2 fully saturated rings. The maximum atomic E-state index is 13.1. The molecule has 1 aromatic heterocycles. The Morgan fingerprint density at radius 3 is 2.74 bits per heavy atom. The number of nitrogens with zero attached hydrogens (tertiary/aromatic N) is 3. The summed E-state index contributed by atoms with van der Waals surface area (Å²) in [6.45, 7) is 2.32. The number of rotatable bonds is 5. The average Bonchev–Trinajstić information content (AvgIpc) is 3.35. The summed E-state index contributed by atoms with van der Waals surface area (Å²) >= 11 is 0. The summed E-state index contributed by atoms with van der Waals surface area (Å²) in [4.78, 5) is 0. The van der Waals surface area contributed by atoms with E-state index in [0.717, 1.165) is 29.9 Å². The first-order chi connectivity index (χ1) is 13.3. The van der Waals surface area contributed by atoms with Gasteiger partial charge in [0.15, 0.2) is 0 Å². The molecule has 2 aromatic carbocycles. The molecular weight excluding hydrogens is 347 g/mol. The Balaban J connectivity index is 1.24. The molecule has 2 aliphatic rings. The van der Waals surface area contributed by atoms with Gasteiger partial charge in [-0.3, -0.25) is 0 Å². The van der Waals surface area contributed by atoms with E-state index in [2.05, 4.69) is 15.6 Å². The first-order valence-corrected chi connectivity index (χ1v) is 9.02. The minimum absolute atomic E-state index is 0.122. The maximum Gasteiger partial charge on any atom is 0.123 e. The van der Waals surface area contributed by atoms with Crippen molar-refractivity contribution < 1.29 is 13.9 Å². The highest BCUT2D eigenvalue weighted by atomic mass is 19.1. The Bertz CT molecular complexity index is 926. The Morgan fingerprint density at radius 1 is 1.11 bits per heavy atom. The van der Waals surface area contributed by atoms with E-state index in [-0.39, 0.29) is 18.0 Å². The van der Waals surface area contributed by atoms with Crippen molar-refractivity contribution in [2.45, 2.75) is 24.9 Å². The molecule has 0 radical (unpaired) electrons. The van der Waals surface area contributed by atoms with Gasteiger partial charge in [-0.2, -0.15) is 0 Å². The van der Waals surface area contributed by atoms with Gasteiger partial charge in [0.25, 0.3) is 0 Å². The second-order valence-electron chi connectivity index (χ2n) is 6.87. The molecule has 7 heteroatoms. The lowest BCUT2D eigenvalue weighted by Gasteiger charge is -2.20. The van der Waals surface area contributed by atoms with E-state index in [1.165, 1.54) is 12.1 Å². The van der Waals surface area contributed by atoms with Crippen molar-refractivity contribution in [3.05, 3.63) is 66.1 Å². The highest BCUT2D eigenvalue weighted by Crippen LogP contribution is 2.29. The van der Waals surface area contributed by atoms with Gasteiger partial charge in [0.1, 0.15) is 17.6 Å². The SMILES string of the molecule is Fc1ccc(-c2cn(-c3ccc(CO[C@H]4CNC[C@@H]5O[C@@H]45)cc3)nn2)cc1. The number of piperidine rings is 1. The topological polar surface area (TPSA) is 64.5 Å². The molecule has 0 spiro atoms. The predicted molar refractivity (Wildman–Crippen MR) is 96.9 cm³/mol. The lowest BCUT2D eigenvalue weighted by molar-refractivity contribution is 0.0211. The standard InChI is InChI=1S/C20H19FN4O2/c21-15-5-3-14(4-6-15)17-11-25(24-23-17)16-7-1-13(2-8-16)12-26-18-9-22-10-19-20(18)27-19/h1-8,11,18-20,22H,9-10,12H2/t18-,19-,20-/m0/s1. The van der Waals surface area contributed by atoms with Crippen molar-refractivity contribution in [3.8, 4) is 16.9 Å². The summed E-state index contributed by atoms with van der Waals surface area (Å²) in [6.07, 6.45) is 2.54. The van der Waals surface area contributed by atoms with E-state index < -0.39 is 0 Å². The van der Waals surface area contributed by atoms with Crippen molar-refractivity contribution in [1.29, 1.82) is 0 Å². The van der Waals surface area contributed by atoms with Gasteiger partial charge in [-0.1, -0.05) is 17.3 Å². The smallest absolute Gasteiger partial charge is 0.123 e. The molecule has 3 atom stereocenters. The van der Waals surface area contributed by atoms with Crippen molar-refractivity contribution in [2.24, 2.45) is 0 Å². The number of nitrogens with one attached hydrogen (secondary N) is 1. The highest BCUT2D eigenvalue weighted by molar-refractivity contribution is 5.58. The van der Waals surface area contributed by atoms with E-state index in [0.29, 0.717) is 18.4 Å². The first-order valence-electron chi connectivity index (χ1n) is 9.02. The van der Waals surface area contributed by atoms with Gasteiger partial charge in [0, 0.05) is 18.7 Å². The lowest BCUT2D eigenvalue weighted by Crippen LogP contribution is -2.41. The molecule has 1 N–H and O–H groups in total. The largest absolute Gasteiger partial charge is 0.369 e. The van der Waals surface area contributed by atoms with Gasteiger partial charge in [0.05, 0.1) is 30.7 Å². The van der Waals surface area contributed by atoms with Crippen molar-refractivity contribution in [2.75, 3.05) is 13.1 Å². The zero-order valence-electron chi connectivity index (χ0n) is 14.6. The summed E-state index contributed by atoms with van der Waals surface area (Å²) in [7, 11) is 0. The highest BCUT2D eigenvalue weighted by Gasteiger charge is 2.48. The van der Waals surface area contributed by atoms with E-state index in [1.807, 2.05) is 30.5 Å². The molecule has 3 heterocycles. The Morgan fingerprint density at radius 2 is 1.93 bits per heavy atom. The van der Waals surface area contributed by atoms with Gasteiger partial charge in [0.2, 0.25) is 0 Å². The van der Waals surface area contributed by atoms with Gasteiger partial charge in [-0.15, -0.1) is 5.10 Å². The van der Waals surface area contributed by atoms with Crippen molar-refractivity contribution in [1.82, 2.24) is 20.3 Å². The third-order valence-corrected chi connectivity index (χ3v) is 4.98. The third kappa shape index (κ3) is 3.49. The van der Waals surface area contributed by atoms with Crippen LogP contribution in [-0.4, -0.2) is 46.4 Å². The molecule has 3 aromatic rings. The second kappa shape index (κ2) is 6.84. The summed E-state index contributed by atoms with van der Waals surface area (Å²) in [5.74, 6) is -0.267. The number of hydrogen-bond donors (Lipinski definition) is 1. The fourth-order valence-corrected chi connectivity index (χ4v) is 3.38. The molecule has 2 aliphatic heterocycles. The predicted octanol–water partition coefficient (Wildman–Crippen LogP) is 2.33. The van der Waals surface area contributed by atoms with Crippen molar-refractivity contribution >= 4 is 0 Å². The number of epoxide rings is 1. The zero-order chi connectivity index (χ0) is 18.2. The molecule has 27 heavy (non-hydrogen) atoms. The van der Waals surface area contributed by atoms with E-state index >= 15 is 0 Å². The minimum atomic E-state index is -0.267. The van der Waals surface area contributed by atoms with Crippen LogP contribution in [0.2, 0.25) is 0 Å². The van der Waals surface area contributed by atoms with Crippen LogP contribution in [0.25, 0.3) is 16.9 Å². The fraction of sp³-hybridized carbons (Fsp3) is 0.300. The number of aromatic nitrogens is 3. The van der Waals surface area contributed by atoms with Gasteiger partial charge in [-0.05, 0) is 42.0 Å². The second-order valence-corrected chi connectivity index (χ2v) is 6.87. The summed E-state index contributed by atoms with van der Waals surface area (Å²) in [5, 5.41) is 11.7. The summed E-state index contributed by atoms with van der Waals surface area (Å²) in [5.41, 5.74) is 3.53. The van der Waals surface area contributed by atoms with Crippen molar-refractivity contribution in [3.63, 3.8) is 0 Å². The fourth-order valence-electron chi connectivity index (χ4n) is 3.38. The molecule has 0 amide bonds. The Kier molecular flexibility index (Phi) is 4.20. The lowest BCUT2D eigenvalue weighted by atomic mass is 10.1. The van der Waals surface area contributed by atoms with Gasteiger partial charge >= 0.3 is 0 Å².